The first-order chi connectivity index (χ1) is 7.72. The molecule has 0 amide bonds. The van der Waals surface area contributed by atoms with Gasteiger partial charge in [0.05, 0.1) is 6.54 Å². The summed E-state index contributed by atoms with van der Waals surface area (Å²) in [6, 6.07) is 3.61. The van der Waals surface area contributed by atoms with Gasteiger partial charge in [0.2, 0.25) is 6.79 Å². The Bertz CT molecular complexity index is 415. The Morgan fingerprint density at radius 3 is 2.75 bits per heavy atom. The number of fused-ring (bicyclic) bond motifs is 1. The molecule has 1 aromatic carbocycles. The number of aryl methyl sites for hydroxylation is 1. The van der Waals surface area contributed by atoms with Crippen molar-refractivity contribution in [1.82, 2.24) is 5.32 Å². The van der Waals surface area contributed by atoms with Crippen LogP contribution in [0.1, 0.15) is 22.8 Å². The van der Waals surface area contributed by atoms with E-state index in [2.05, 4.69) is 5.32 Å². The highest BCUT2D eigenvalue weighted by Gasteiger charge is 2.18. The van der Waals surface area contributed by atoms with Crippen LogP contribution in [0.4, 0.5) is 0 Å². The second-order valence-corrected chi connectivity index (χ2v) is 3.72. The molecule has 2 rings (SSSR count). The van der Waals surface area contributed by atoms with Gasteiger partial charge in [0.25, 0.3) is 0 Å². The van der Waals surface area contributed by atoms with Gasteiger partial charge in [-0.25, -0.2) is 0 Å². The normalized spacial score (nSPS) is 12.9. The van der Waals surface area contributed by atoms with Gasteiger partial charge in [0.15, 0.2) is 17.3 Å². The van der Waals surface area contributed by atoms with Gasteiger partial charge in [-0.1, -0.05) is 6.92 Å². The Kier molecular flexibility index (Phi) is 3.10. The van der Waals surface area contributed by atoms with E-state index in [1.165, 1.54) is 0 Å². The SMILES string of the molecule is CCNCC(=O)c1cc2c(cc1C)OCO2. The first kappa shape index (κ1) is 11.0. The van der Waals surface area contributed by atoms with E-state index in [1.807, 2.05) is 19.9 Å². The van der Waals surface area contributed by atoms with Crippen LogP contribution in [0.2, 0.25) is 0 Å². The third-order valence-corrected chi connectivity index (χ3v) is 2.56. The fraction of sp³-hybridized carbons (Fsp3) is 0.417. The minimum absolute atomic E-state index is 0.0812. The fourth-order valence-electron chi connectivity index (χ4n) is 1.68. The van der Waals surface area contributed by atoms with Crippen molar-refractivity contribution >= 4 is 5.78 Å². The number of Topliss-reactive ketones (excluding diaryl/α,β-unsaturated/α-hetero) is 1. The Hall–Kier alpha value is -1.55. The third kappa shape index (κ3) is 2.02. The zero-order chi connectivity index (χ0) is 11.5. The predicted molar refractivity (Wildman–Crippen MR) is 60.2 cm³/mol. The molecule has 1 aliphatic rings. The minimum atomic E-state index is 0.0812. The molecule has 0 unspecified atom stereocenters. The summed E-state index contributed by atoms with van der Waals surface area (Å²) in [4.78, 5) is 11.9. The molecular formula is C12H15NO3. The zero-order valence-electron chi connectivity index (χ0n) is 9.50. The lowest BCUT2D eigenvalue weighted by molar-refractivity contribution is 0.0990. The first-order valence-corrected chi connectivity index (χ1v) is 5.36. The van der Waals surface area contributed by atoms with Crippen molar-refractivity contribution in [2.45, 2.75) is 13.8 Å². The van der Waals surface area contributed by atoms with E-state index >= 15 is 0 Å². The zero-order valence-corrected chi connectivity index (χ0v) is 9.50. The van der Waals surface area contributed by atoms with Crippen LogP contribution in [0.5, 0.6) is 11.5 Å². The van der Waals surface area contributed by atoms with Crippen LogP contribution in [0.3, 0.4) is 0 Å². The molecule has 1 heterocycles. The van der Waals surface area contributed by atoms with Crippen molar-refractivity contribution in [3.8, 4) is 11.5 Å². The Balaban J connectivity index is 2.24. The molecule has 0 radical (unpaired) electrons. The van der Waals surface area contributed by atoms with Gasteiger partial charge in [0.1, 0.15) is 0 Å². The monoisotopic (exact) mass is 221 g/mol. The lowest BCUT2D eigenvalue weighted by Gasteiger charge is -2.06. The van der Waals surface area contributed by atoms with Crippen molar-refractivity contribution in [3.63, 3.8) is 0 Å². The van der Waals surface area contributed by atoms with Crippen LogP contribution in [-0.4, -0.2) is 25.7 Å². The lowest BCUT2D eigenvalue weighted by atomic mass is 10.0. The summed E-state index contributed by atoms with van der Waals surface area (Å²) in [6.07, 6.45) is 0. The number of likely N-dealkylation sites (N-methyl/N-ethyl adjacent to an activating group) is 1. The Morgan fingerprint density at radius 2 is 2.06 bits per heavy atom. The summed E-state index contributed by atoms with van der Waals surface area (Å²) in [7, 11) is 0. The number of ether oxygens (including phenoxy) is 2. The van der Waals surface area contributed by atoms with Gasteiger partial charge < -0.3 is 14.8 Å². The molecule has 0 fully saturated rings. The highest BCUT2D eigenvalue weighted by molar-refractivity contribution is 5.99. The van der Waals surface area contributed by atoms with Gasteiger partial charge in [-0.05, 0) is 31.2 Å². The second kappa shape index (κ2) is 4.53. The van der Waals surface area contributed by atoms with E-state index in [1.54, 1.807) is 6.07 Å². The maximum Gasteiger partial charge on any atom is 0.231 e. The van der Waals surface area contributed by atoms with Crippen LogP contribution >= 0.6 is 0 Å². The van der Waals surface area contributed by atoms with Crippen LogP contribution in [0, 0.1) is 6.92 Å². The molecule has 4 heteroatoms. The molecule has 0 spiro atoms. The number of hydrogen-bond donors (Lipinski definition) is 1. The quantitative estimate of drug-likeness (QED) is 0.783. The average molecular weight is 221 g/mol. The molecule has 0 saturated carbocycles. The maximum atomic E-state index is 11.9. The van der Waals surface area contributed by atoms with Crippen LogP contribution < -0.4 is 14.8 Å². The van der Waals surface area contributed by atoms with Crippen molar-refractivity contribution in [3.05, 3.63) is 23.3 Å². The number of carbonyl (C=O) groups is 1. The Morgan fingerprint density at radius 1 is 1.38 bits per heavy atom. The smallest absolute Gasteiger partial charge is 0.231 e. The number of rotatable bonds is 4. The second-order valence-electron chi connectivity index (χ2n) is 3.72. The van der Waals surface area contributed by atoms with E-state index in [0.717, 1.165) is 17.9 Å². The summed E-state index contributed by atoms with van der Waals surface area (Å²) in [5.74, 6) is 1.46. The molecule has 0 saturated heterocycles. The lowest BCUT2D eigenvalue weighted by Crippen LogP contribution is -2.23. The van der Waals surface area contributed by atoms with Crippen molar-refractivity contribution in [2.75, 3.05) is 19.9 Å². The number of nitrogens with one attached hydrogen (secondary N) is 1. The van der Waals surface area contributed by atoms with Gasteiger partial charge in [0, 0.05) is 5.56 Å². The minimum Gasteiger partial charge on any atom is -0.454 e. The van der Waals surface area contributed by atoms with Crippen molar-refractivity contribution < 1.29 is 14.3 Å². The number of ketones is 1. The standard InChI is InChI=1S/C12H15NO3/c1-3-13-6-10(14)9-5-12-11(4-8(9)2)15-7-16-12/h4-5,13H,3,6-7H2,1-2H3. The molecular weight excluding hydrogens is 206 g/mol. The molecule has 0 atom stereocenters. The molecule has 4 nitrogen and oxygen atoms in total. The average Bonchev–Trinajstić information content (AvgIpc) is 2.71. The molecule has 0 aromatic heterocycles. The summed E-state index contributed by atoms with van der Waals surface area (Å²) < 4.78 is 10.5. The van der Waals surface area contributed by atoms with E-state index in [-0.39, 0.29) is 12.6 Å². The maximum absolute atomic E-state index is 11.9. The highest BCUT2D eigenvalue weighted by atomic mass is 16.7. The number of carbonyl (C=O) groups excluding carboxylic acids is 1. The van der Waals surface area contributed by atoms with E-state index in [0.29, 0.717) is 17.9 Å². The van der Waals surface area contributed by atoms with E-state index in [9.17, 15) is 4.79 Å². The topological polar surface area (TPSA) is 47.6 Å². The van der Waals surface area contributed by atoms with Crippen LogP contribution in [-0.2, 0) is 0 Å². The Labute approximate surface area is 94.6 Å². The van der Waals surface area contributed by atoms with Gasteiger partial charge in [-0.3, -0.25) is 4.79 Å². The summed E-state index contributed by atoms with van der Waals surface area (Å²) >= 11 is 0. The molecule has 1 aromatic rings. The fourth-order valence-corrected chi connectivity index (χ4v) is 1.68. The predicted octanol–water partition coefficient (Wildman–Crippen LogP) is 1.52. The molecule has 16 heavy (non-hydrogen) atoms. The molecule has 1 aliphatic heterocycles. The molecule has 1 N–H and O–H groups in total. The summed E-state index contributed by atoms with van der Waals surface area (Å²) in [5, 5.41) is 3.02. The van der Waals surface area contributed by atoms with E-state index < -0.39 is 0 Å². The van der Waals surface area contributed by atoms with Crippen molar-refractivity contribution in [1.29, 1.82) is 0 Å². The first-order valence-electron chi connectivity index (χ1n) is 5.36. The highest BCUT2D eigenvalue weighted by Crippen LogP contribution is 2.34. The third-order valence-electron chi connectivity index (χ3n) is 2.56. The summed E-state index contributed by atoms with van der Waals surface area (Å²) in [5.41, 5.74) is 1.62. The molecule has 0 bridgehead atoms. The van der Waals surface area contributed by atoms with E-state index in [4.69, 9.17) is 9.47 Å². The number of hydrogen-bond acceptors (Lipinski definition) is 4. The van der Waals surface area contributed by atoms with Crippen LogP contribution in [0.25, 0.3) is 0 Å². The van der Waals surface area contributed by atoms with Gasteiger partial charge >= 0.3 is 0 Å². The van der Waals surface area contributed by atoms with Crippen LogP contribution in [0.15, 0.2) is 12.1 Å². The molecule has 86 valence electrons. The van der Waals surface area contributed by atoms with Gasteiger partial charge in [-0.2, -0.15) is 0 Å². The number of benzene rings is 1. The van der Waals surface area contributed by atoms with Crippen molar-refractivity contribution in [2.24, 2.45) is 0 Å². The molecule has 0 aliphatic carbocycles. The summed E-state index contributed by atoms with van der Waals surface area (Å²) in [6.45, 7) is 5.26. The van der Waals surface area contributed by atoms with Gasteiger partial charge in [-0.15, -0.1) is 0 Å². The largest absolute Gasteiger partial charge is 0.454 e.